The van der Waals surface area contributed by atoms with Gasteiger partial charge in [0.1, 0.15) is 72.1 Å². The average molecular weight is 1600 g/mol. The molecule has 2 unspecified atom stereocenters. The molecule has 1 spiro atoms. The van der Waals surface area contributed by atoms with Gasteiger partial charge in [-0.1, -0.05) is 66.0 Å². The zero-order valence-corrected chi connectivity index (χ0v) is 67.7. The summed E-state index contributed by atoms with van der Waals surface area (Å²) >= 11 is 0. The summed E-state index contributed by atoms with van der Waals surface area (Å²) in [5, 5.41) is 8.45. The summed E-state index contributed by atoms with van der Waals surface area (Å²) in [5.74, 6) is -17.1. The van der Waals surface area contributed by atoms with E-state index in [9.17, 15) is 50.3 Å². The van der Waals surface area contributed by atoms with Crippen LogP contribution >= 0.6 is 0 Å². The molecular weight excluding hydrogens is 1480 g/mol. The summed E-state index contributed by atoms with van der Waals surface area (Å²) in [5.41, 5.74) is -2.39. The Balaban J connectivity index is 1.35. The van der Waals surface area contributed by atoms with Crippen LogP contribution in [0.2, 0.25) is 0 Å². The van der Waals surface area contributed by atoms with E-state index in [1.165, 1.54) is 71.1 Å². The van der Waals surface area contributed by atoms with Gasteiger partial charge in [0.25, 0.3) is 0 Å². The van der Waals surface area contributed by atoms with E-state index in [1.54, 1.807) is 32.9 Å². The van der Waals surface area contributed by atoms with Crippen molar-refractivity contribution in [2.24, 2.45) is 40.9 Å². The lowest BCUT2D eigenvalue weighted by molar-refractivity contribution is -0.219. The van der Waals surface area contributed by atoms with Gasteiger partial charge >= 0.3 is 12.4 Å². The predicted octanol–water partition coefficient (Wildman–Crippen LogP) is 6.76. The number of rotatable bonds is 16. The Bertz CT molecular complexity index is 3340. The monoisotopic (exact) mass is 1600 g/mol. The molecule has 7 aliphatic rings. The molecule has 34 heteroatoms. The van der Waals surface area contributed by atoms with Crippen LogP contribution in [-0.2, 0) is 67.0 Å². The van der Waals surface area contributed by atoms with Crippen LogP contribution in [0, 0.1) is 40.9 Å². The van der Waals surface area contributed by atoms with E-state index in [4.69, 9.17) is 9.47 Å². The van der Waals surface area contributed by atoms with Gasteiger partial charge in [0.05, 0.1) is 31.5 Å². The number of likely N-dealkylation sites (N-methyl/N-ethyl adjacent to an activating group) is 7. The lowest BCUT2D eigenvalue weighted by atomic mass is 9.58. The van der Waals surface area contributed by atoms with Gasteiger partial charge in [-0.25, -0.2) is 8.78 Å². The van der Waals surface area contributed by atoms with E-state index in [2.05, 4.69) is 16.0 Å². The molecule has 3 aliphatic heterocycles. The maximum absolute atomic E-state index is 15.9. The Morgan fingerprint density at radius 2 is 1.29 bits per heavy atom. The standard InChI is InChI=1S/C78H122F8N12O14/c1-15-33-90(7)69(105)58-40-61(100)93(10)55(32-35-111-14)66(102)88-64(46(4)16-2)72(108)92(9)43-62(101)94(11)56-25-19-18-22-34-97(71(56)107)59(38-47-26-29-50(30-27-47)77(81,82)83)70(106)91(8)42-60(99)87-54(31-28-48-36-52(79)63(53(80)37-48)78(84,85)86)68(104)98-41-51(112-17-3)39-57(98)67(103)89-76(44-75(5,6)45-76)74(110)96(13)65(73(109)95(58)12)49-23-20-21-24-49/h18-19,46-59,63-65H,15-17,20-45H2,1-14H3,(H,87,99)(H,88,102)(H,89,103)/b19-18-/t46-,47?,48?,50?,51+,52?,53?,54-,55-,56-,57-,58-,59-,63?,64-,65-/m0/s1. The highest BCUT2D eigenvalue weighted by atomic mass is 19.4. The fraction of sp³-hybridized carbons (Fsp3) is 0.821. The van der Waals surface area contributed by atoms with Crippen molar-refractivity contribution in [1.82, 2.24) is 60.0 Å². The minimum absolute atomic E-state index is 0.00334. The Morgan fingerprint density at radius 3 is 1.86 bits per heavy atom. The highest BCUT2D eigenvalue weighted by Crippen LogP contribution is 2.50. The van der Waals surface area contributed by atoms with E-state index < -0.39 is 235 Å². The molecule has 3 N–H and O–H groups in total. The van der Waals surface area contributed by atoms with Crippen molar-refractivity contribution in [3.63, 3.8) is 0 Å². The van der Waals surface area contributed by atoms with Crippen molar-refractivity contribution >= 4 is 70.9 Å². The van der Waals surface area contributed by atoms with Crippen molar-refractivity contribution in [2.45, 2.75) is 267 Å². The van der Waals surface area contributed by atoms with E-state index in [1.807, 2.05) is 20.8 Å². The Hall–Kier alpha value is -7.26. The lowest BCUT2D eigenvalue weighted by Gasteiger charge is -2.54. The third kappa shape index (κ3) is 22.4. The van der Waals surface area contributed by atoms with Gasteiger partial charge in [0, 0.05) is 102 Å². The number of alkyl halides is 8. The van der Waals surface area contributed by atoms with E-state index >= 15 is 42.3 Å². The molecule has 26 nitrogen and oxygen atoms in total. The van der Waals surface area contributed by atoms with Gasteiger partial charge in [0.2, 0.25) is 70.9 Å². The molecule has 4 saturated carbocycles. The lowest BCUT2D eigenvalue weighted by Crippen LogP contribution is -2.71. The predicted molar refractivity (Wildman–Crippen MR) is 397 cm³/mol. The Morgan fingerprint density at radius 1 is 0.661 bits per heavy atom. The second kappa shape index (κ2) is 39.4. The van der Waals surface area contributed by atoms with Crippen LogP contribution in [-0.4, -0.2) is 302 Å². The van der Waals surface area contributed by atoms with Crippen molar-refractivity contribution in [3.8, 4) is 0 Å². The first-order valence-corrected chi connectivity index (χ1v) is 40.0. The summed E-state index contributed by atoms with van der Waals surface area (Å²) < 4.78 is 127. The SMILES string of the molecule is CCCN(C)C(=O)[C@@H]1CC(=O)N(C)[C@@H](CCOC)C(=O)N[C@@H]([C@@H](C)CC)C(=O)N(C)CC(=O)N(C)[C@H]2C/C=C\CCN(C2=O)[C@@H](CC2CCC(C(F)(F)F)CC2)C(=O)N(C)CC(=O)N[C@@H](CCC2CC(F)C(C(F)(F)F)C(F)C2)C(=O)N2C[C@H](OCC)C[C@H]2C(=O)NC2(CC(C)(C)C2)C(=O)N(C)[C@@H](C2CCCC2)C(=O)N1C. The molecule has 112 heavy (non-hydrogen) atoms. The molecule has 3 heterocycles. The Kier molecular flexibility index (Phi) is 32.3. The number of nitrogens with zero attached hydrogens (tertiary/aromatic N) is 9. The van der Waals surface area contributed by atoms with Crippen LogP contribution in [0.15, 0.2) is 12.2 Å². The molecule has 12 amide bonds. The zero-order valence-electron chi connectivity index (χ0n) is 67.7. The number of halogens is 8. The highest BCUT2D eigenvalue weighted by molar-refractivity contribution is 6.01. The van der Waals surface area contributed by atoms with Crippen LogP contribution < -0.4 is 16.0 Å². The average Bonchev–Trinajstić information content (AvgIpc) is 1.07. The van der Waals surface area contributed by atoms with Crippen LogP contribution in [0.3, 0.4) is 0 Å². The van der Waals surface area contributed by atoms with Crippen molar-refractivity contribution in [3.05, 3.63) is 12.2 Å². The number of methoxy groups -OCH3 is 1. The second-order valence-electron chi connectivity index (χ2n) is 33.5. The molecule has 2 saturated heterocycles. The zero-order chi connectivity index (χ0) is 83.4. The highest BCUT2D eigenvalue weighted by Gasteiger charge is 2.60. The summed E-state index contributed by atoms with van der Waals surface area (Å²) in [4.78, 5) is 193. The molecule has 0 radical (unpaired) electrons. The molecule has 2 bridgehead atoms. The normalized spacial score (nSPS) is 31.7. The minimum atomic E-state index is -5.22. The number of nitrogens with one attached hydrogen (secondary N) is 3. The van der Waals surface area contributed by atoms with Gasteiger partial charge < -0.3 is 69.5 Å². The van der Waals surface area contributed by atoms with Crippen molar-refractivity contribution < 1.29 is 102 Å². The maximum atomic E-state index is 15.9. The summed E-state index contributed by atoms with van der Waals surface area (Å²) in [6.45, 7) is 8.82. The van der Waals surface area contributed by atoms with Crippen LogP contribution in [0.5, 0.6) is 0 Å². The molecule has 634 valence electrons. The van der Waals surface area contributed by atoms with Crippen LogP contribution in [0.1, 0.15) is 183 Å². The first-order chi connectivity index (χ1) is 52.5. The van der Waals surface area contributed by atoms with E-state index in [0.29, 0.717) is 38.5 Å². The minimum Gasteiger partial charge on any atom is -0.385 e. The summed E-state index contributed by atoms with van der Waals surface area (Å²) in [7, 11) is 10.8. The van der Waals surface area contributed by atoms with Crippen molar-refractivity contribution in [2.75, 3.05) is 102 Å². The number of hydrogen-bond acceptors (Lipinski definition) is 14. The van der Waals surface area contributed by atoms with Crippen LogP contribution in [0.25, 0.3) is 0 Å². The molecule has 0 aromatic heterocycles. The number of ether oxygens (including phenoxy) is 2. The molecule has 6 fully saturated rings. The van der Waals surface area contributed by atoms with Crippen LogP contribution in [0.4, 0.5) is 35.1 Å². The second-order valence-corrected chi connectivity index (χ2v) is 33.5. The maximum Gasteiger partial charge on any atom is 0.397 e. The van der Waals surface area contributed by atoms with Gasteiger partial charge in [-0.3, -0.25) is 57.5 Å². The topological polar surface area (TPSA) is 289 Å². The molecule has 12 atom stereocenters. The summed E-state index contributed by atoms with van der Waals surface area (Å²) in [6.07, 6.45) is -13.7. The third-order valence-electron chi connectivity index (χ3n) is 24.7. The van der Waals surface area contributed by atoms with Gasteiger partial charge in [-0.2, -0.15) is 26.3 Å². The quantitative estimate of drug-likeness (QED) is 0.106. The van der Waals surface area contributed by atoms with Gasteiger partial charge in [0.15, 0.2) is 0 Å². The number of carbonyl (C=O) groups is 12. The molecular formula is C78H122F8N12O14. The first kappa shape index (κ1) is 91.9. The van der Waals surface area contributed by atoms with E-state index in [-0.39, 0.29) is 110 Å². The van der Waals surface area contributed by atoms with Crippen molar-refractivity contribution in [1.29, 1.82) is 0 Å². The molecule has 7 rings (SSSR count). The smallest absolute Gasteiger partial charge is 0.385 e. The first-order valence-electron chi connectivity index (χ1n) is 40.0. The molecule has 4 aliphatic carbocycles. The fourth-order valence-electron chi connectivity index (χ4n) is 18.2. The number of fused-ring (bicyclic) bond motifs is 3. The molecule has 0 aromatic rings. The largest absolute Gasteiger partial charge is 0.397 e. The van der Waals surface area contributed by atoms with Gasteiger partial charge in [-0.15, -0.1) is 0 Å². The number of carbonyl (C=O) groups excluding carboxylic acids is 12. The number of amides is 12. The Labute approximate surface area is 653 Å². The third-order valence-corrected chi connectivity index (χ3v) is 24.7. The van der Waals surface area contributed by atoms with Gasteiger partial charge in [-0.05, 0) is 139 Å². The fourth-order valence-corrected chi connectivity index (χ4v) is 18.2. The molecule has 0 aromatic carbocycles. The number of hydrogen-bond donors (Lipinski definition) is 3. The summed E-state index contributed by atoms with van der Waals surface area (Å²) in [6, 6.07) is -11.7. The van der Waals surface area contributed by atoms with E-state index in [0.717, 1.165) is 29.4 Å².